The molecule has 2 aromatic rings. The van der Waals surface area contributed by atoms with E-state index in [1.54, 1.807) is 55.7 Å². The van der Waals surface area contributed by atoms with Crippen LogP contribution in [-0.2, 0) is 30.3 Å². The van der Waals surface area contributed by atoms with E-state index in [2.05, 4.69) is 0 Å². The van der Waals surface area contributed by atoms with Gasteiger partial charge in [0.2, 0.25) is 23.6 Å². The molecule has 3 heterocycles. The highest BCUT2D eigenvalue weighted by Gasteiger charge is 2.68. The summed E-state index contributed by atoms with van der Waals surface area (Å²) in [6, 6.07) is 13.6. The maximum atomic E-state index is 14.4. The lowest BCUT2D eigenvalue weighted by molar-refractivity contribution is -0.138. The van der Waals surface area contributed by atoms with Gasteiger partial charge in [0.1, 0.15) is 11.5 Å². The van der Waals surface area contributed by atoms with Gasteiger partial charge in [0.05, 0.1) is 42.2 Å². The lowest BCUT2D eigenvalue weighted by Gasteiger charge is -2.49. The molecule has 42 heavy (non-hydrogen) atoms. The standard InChI is InChI=1S/C32H28N2O8/c1-32-23(28(37)33(30(32)39)18-6-4-3-5-7-18)14-22-20(9-10-21-25(22)29(38)34(27(21)36)31(40)41-2)26(32)17-12-16-13-19(35)8-11-24(16)42-15-17/h3-9,11,13,15,21-23,25-26,35H,10,12,14H2,1-2H3/t21-,22+,23-,25-,26-,32+/m0/s1. The molecular weight excluding hydrogens is 540 g/mol. The highest BCUT2D eigenvalue weighted by molar-refractivity contribution is 6.24. The Morgan fingerprint density at radius 1 is 1.02 bits per heavy atom. The van der Waals surface area contributed by atoms with E-state index in [0.717, 1.165) is 23.8 Å². The van der Waals surface area contributed by atoms with E-state index in [1.807, 2.05) is 6.08 Å². The minimum atomic E-state index is -1.21. The minimum absolute atomic E-state index is 0.0734. The van der Waals surface area contributed by atoms with Crippen LogP contribution in [0.25, 0.3) is 0 Å². The van der Waals surface area contributed by atoms with Crippen LogP contribution in [0, 0.1) is 35.0 Å². The maximum absolute atomic E-state index is 14.4. The number of hydrogen-bond acceptors (Lipinski definition) is 8. The van der Waals surface area contributed by atoms with Crippen molar-refractivity contribution in [2.75, 3.05) is 12.0 Å². The van der Waals surface area contributed by atoms with Gasteiger partial charge in [-0.05, 0) is 61.6 Å². The molecule has 1 N–H and O–H groups in total. The zero-order chi connectivity index (χ0) is 29.5. The second kappa shape index (κ2) is 9.14. The first-order chi connectivity index (χ1) is 20.2. The number of para-hydroxylation sites is 1. The molecule has 5 aliphatic rings. The number of anilines is 1. The van der Waals surface area contributed by atoms with E-state index in [0.29, 0.717) is 22.8 Å². The Labute approximate surface area is 241 Å². The highest BCUT2D eigenvalue weighted by Crippen LogP contribution is 2.62. The van der Waals surface area contributed by atoms with Gasteiger partial charge in [-0.1, -0.05) is 29.8 Å². The summed E-state index contributed by atoms with van der Waals surface area (Å²) in [5.41, 5.74) is 1.50. The van der Waals surface area contributed by atoms with Gasteiger partial charge in [-0.3, -0.25) is 19.2 Å². The van der Waals surface area contributed by atoms with Crippen molar-refractivity contribution in [2.24, 2.45) is 35.0 Å². The molecule has 3 aliphatic heterocycles. The number of hydrogen-bond donors (Lipinski definition) is 1. The van der Waals surface area contributed by atoms with Crippen LogP contribution in [0.3, 0.4) is 0 Å². The van der Waals surface area contributed by atoms with Crippen LogP contribution >= 0.6 is 0 Å². The fourth-order valence-corrected chi connectivity index (χ4v) is 7.94. The van der Waals surface area contributed by atoms with Crippen molar-refractivity contribution < 1.29 is 38.6 Å². The number of carbonyl (C=O) groups excluding carboxylic acids is 5. The zero-order valence-corrected chi connectivity index (χ0v) is 23.0. The number of fused-ring (bicyclic) bond motifs is 5. The van der Waals surface area contributed by atoms with Crippen molar-refractivity contribution in [3.8, 4) is 11.5 Å². The van der Waals surface area contributed by atoms with Gasteiger partial charge in [0.25, 0.3) is 0 Å². The van der Waals surface area contributed by atoms with Crippen molar-refractivity contribution >= 4 is 35.4 Å². The first-order valence-electron chi connectivity index (χ1n) is 13.9. The fraction of sp³-hybridized carbons (Fsp3) is 0.344. The van der Waals surface area contributed by atoms with E-state index in [9.17, 15) is 29.1 Å². The maximum Gasteiger partial charge on any atom is 0.423 e. The van der Waals surface area contributed by atoms with Crippen LogP contribution in [-0.4, -0.2) is 46.8 Å². The topological polar surface area (TPSA) is 131 Å². The number of phenols is 1. The molecule has 0 radical (unpaired) electrons. The number of aromatic hydroxyl groups is 1. The lowest BCUT2D eigenvalue weighted by Crippen LogP contribution is -2.51. The Morgan fingerprint density at radius 3 is 2.52 bits per heavy atom. The quantitative estimate of drug-likeness (QED) is 0.428. The van der Waals surface area contributed by atoms with Gasteiger partial charge in [0, 0.05) is 17.9 Å². The SMILES string of the molecule is COC(=O)N1C(=O)[C@H]2[C@H](CC=C3[C@H](C4=COc5ccc(O)cc5C4)[C@]4(C)C(=O)N(c5ccccc5)C(=O)[C@@H]4C[C@H]32)C1=O. The first kappa shape index (κ1) is 26.2. The van der Waals surface area contributed by atoms with Crippen LogP contribution in [0.4, 0.5) is 10.5 Å². The zero-order valence-electron chi connectivity index (χ0n) is 23.0. The highest BCUT2D eigenvalue weighted by atomic mass is 16.5. The van der Waals surface area contributed by atoms with Crippen LogP contribution in [0.1, 0.15) is 25.3 Å². The Hall–Kier alpha value is -4.73. The number of amides is 5. The summed E-state index contributed by atoms with van der Waals surface area (Å²) in [7, 11) is 1.11. The number of benzene rings is 2. The molecule has 1 saturated carbocycles. The van der Waals surface area contributed by atoms with E-state index < -0.39 is 52.9 Å². The molecule has 5 amide bonds. The van der Waals surface area contributed by atoms with Crippen LogP contribution in [0.2, 0.25) is 0 Å². The molecule has 10 nitrogen and oxygen atoms in total. The number of likely N-dealkylation sites (tertiary alicyclic amines) is 1. The van der Waals surface area contributed by atoms with Crippen molar-refractivity contribution in [1.82, 2.24) is 4.90 Å². The van der Waals surface area contributed by atoms with Gasteiger partial charge in [-0.25, -0.2) is 9.69 Å². The second-order valence-corrected chi connectivity index (χ2v) is 11.8. The summed E-state index contributed by atoms with van der Waals surface area (Å²) in [6.45, 7) is 1.80. The fourth-order valence-electron chi connectivity index (χ4n) is 7.94. The summed E-state index contributed by atoms with van der Waals surface area (Å²) in [5.74, 6) is -4.91. The number of imide groups is 4. The lowest BCUT2D eigenvalue weighted by atomic mass is 9.51. The van der Waals surface area contributed by atoms with Crippen LogP contribution < -0.4 is 9.64 Å². The number of methoxy groups -OCH3 is 1. The number of phenolic OH excluding ortho intramolecular Hbond substituents is 1. The molecule has 7 rings (SSSR count). The first-order valence-corrected chi connectivity index (χ1v) is 13.9. The summed E-state index contributed by atoms with van der Waals surface area (Å²) >= 11 is 0. The van der Waals surface area contributed by atoms with Crippen molar-refractivity contribution in [2.45, 2.75) is 26.2 Å². The Morgan fingerprint density at radius 2 is 1.79 bits per heavy atom. The molecule has 6 atom stereocenters. The molecule has 2 saturated heterocycles. The average molecular weight is 569 g/mol. The van der Waals surface area contributed by atoms with E-state index in [1.165, 1.54) is 11.0 Å². The molecule has 214 valence electrons. The van der Waals surface area contributed by atoms with E-state index in [-0.39, 0.29) is 30.4 Å². The van der Waals surface area contributed by atoms with Gasteiger partial charge in [0.15, 0.2) is 0 Å². The Balaban J connectivity index is 1.37. The number of nitrogens with zero attached hydrogens (tertiary/aromatic N) is 2. The smallest absolute Gasteiger partial charge is 0.423 e. The molecule has 0 spiro atoms. The summed E-state index contributed by atoms with van der Waals surface area (Å²) in [4.78, 5) is 69.6. The molecule has 3 fully saturated rings. The molecule has 2 aromatic carbocycles. The van der Waals surface area contributed by atoms with Crippen molar-refractivity contribution in [1.29, 1.82) is 0 Å². The Kier molecular flexibility index (Phi) is 5.70. The van der Waals surface area contributed by atoms with Gasteiger partial charge >= 0.3 is 6.09 Å². The van der Waals surface area contributed by atoms with E-state index >= 15 is 0 Å². The predicted octanol–water partition coefficient (Wildman–Crippen LogP) is 3.74. The molecule has 0 aromatic heterocycles. The largest absolute Gasteiger partial charge is 0.508 e. The monoisotopic (exact) mass is 568 g/mol. The number of carbonyl (C=O) groups is 5. The third-order valence-corrected chi connectivity index (χ3v) is 9.79. The Bertz CT molecular complexity index is 1640. The number of allylic oxidation sites excluding steroid dienone is 3. The molecule has 2 aliphatic carbocycles. The molecule has 0 bridgehead atoms. The average Bonchev–Trinajstić information content (AvgIpc) is 3.36. The van der Waals surface area contributed by atoms with Crippen LogP contribution in [0.15, 0.2) is 72.0 Å². The number of rotatable bonds is 2. The summed E-state index contributed by atoms with van der Waals surface area (Å²) in [5, 5.41) is 10.2. The molecule has 0 unspecified atom stereocenters. The third kappa shape index (κ3) is 3.41. The van der Waals surface area contributed by atoms with Crippen LogP contribution in [0.5, 0.6) is 11.5 Å². The van der Waals surface area contributed by atoms with Crippen molar-refractivity contribution in [3.05, 3.63) is 77.6 Å². The minimum Gasteiger partial charge on any atom is -0.508 e. The molecule has 10 heteroatoms. The third-order valence-electron chi connectivity index (χ3n) is 9.79. The normalized spacial score (nSPS) is 31.4. The summed E-state index contributed by atoms with van der Waals surface area (Å²) in [6.07, 6.45) is 3.22. The van der Waals surface area contributed by atoms with Gasteiger partial charge < -0.3 is 14.6 Å². The van der Waals surface area contributed by atoms with Gasteiger partial charge in [-0.15, -0.1) is 0 Å². The second-order valence-electron chi connectivity index (χ2n) is 11.8. The molecular formula is C32H28N2O8. The predicted molar refractivity (Wildman–Crippen MR) is 147 cm³/mol. The number of ether oxygens (including phenoxy) is 2. The van der Waals surface area contributed by atoms with E-state index in [4.69, 9.17) is 9.47 Å². The van der Waals surface area contributed by atoms with Crippen molar-refractivity contribution in [3.63, 3.8) is 0 Å². The van der Waals surface area contributed by atoms with Gasteiger partial charge in [-0.2, -0.15) is 4.90 Å². The summed E-state index contributed by atoms with van der Waals surface area (Å²) < 4.78 is 10.7.